The van der Waals surface area contributed by atoms with E-state index < -0.39 is 0 Å². The number of halogens is 1. The molecule has 0 fully saturated rings. The molecule has 0 atom stereocenters. The van der Waals surface area contributed by atoms with Crippen LogP contribution in [0.5, 0.6) is 0 Å². The lowest BCUT2D eigenvalue weighted by atomic mass is 10.2. The van der Waals surface area contributed by atoms with Crippen LogP contribution in [0.2, 0.25) is 0 Å². The van der Waals surface area contributed by atoms with Gasteiger partial charge in [-0.3, -0.25) is 9.78 Å². The fourth-order valence-electron chi connectivity index (χ4n) is 2.15. The molecular formula is C18H16FN3O2. The molecule has 0 radical (unpaired) electrons. The first-order valence-electron chi connectivity index (χ1n) is 7.44. The summed E-state index contributed by atoms with van der Waals surface area (Å²) in [4.78, 5) is 16.3. The number of pyridine rings is 1. The summed E-state index contributed by atoms with van der Waals surface area (Å²) in [6, 6.07) is 11.4. The van der Waals surface area contributed by atoms with Gasteiger partial charge in [0.1, 0.15) is 11.6 Å². The van der Waals surface area contributed by atoms with Gasteiger partial charge in [0, 0.05) is 18.9 Å². The van der Waals surface area contributed by atoms with Gasteiger partial charge in [0.25, 0.3) is 5.91 Å². The van der Waals surface area contributed by atoms with E-state index in [9.17, 15) is 9.18 Å². The first kappa shape index (κ1) is 15.7. The van der Waals surface area contributed by atoms with Gasteiger partial charge in [-0.25, -0.2) is 4.39 Å². The van der Waals surface area contributed by atoms with Crippen molar-refractivity contribution in [3.63, 3.8) is 0 Å². The highest BCUT2D eigenvalue weighted by Crippen LogP contribution is 2.11. The number of amides is 1. The molecule has 2 N–H and O–H groups in total. The molecule has 2 heterocycles. The van der Waals surface area contributed by atoms with Crippen molar-refractivity contribution in [2.45, 2.75) is 13.1 Å². The molecule has 3 rings (SSSR count). The van der Waals surface area contributed by atoms with Crippen LogP contribution in [-0.2, 0) is 13.1 Å². The number of aromatic nitrogens is 1. The molecule has 1 amide bonds. The van der Waals surface area contributed by atoms with Gasteiger partial charge in [0.2, 0.25) is 0 Å². The van der Waals surface area contributed by atoms with Gasteiger partial charge in [0.15, 0.2) is 0 Å². The fourth-order valence-corrected chi connectivity index (χ4v) is 2.15. The zero-order valence-corrected chi connectivity index (χ0v) is 12.8. The number of carbonyl (C=O) groups is 1. The normalized spacial score (nSPS) is 10.4. The molecule has 1 aromatic carbocycles. The zero-order chi connectivity index (χ0) is 16.8. The van der Waals surface area contributed by atoms with Crippen LogP contribution in [0.1, 0.15) is 21.7 Å². The van der Waals surface area contributed by atoms with E-state index in [-0.39, 0.29) is 11.7 Å². The molecule has 0 aliphatic carbocycles. The summed E-state index contributed by atoms with van der Waals surface area (Å²) in [6.07, 6.45) is 4.74. The van der Waals surface area contributed by atoms with Gasteiger partial charge >= 0.3 is 0 Å². The maximum Gasteiger partial charge on any atom is 0.253 e. The van der Waals surface area contributed by atoms with Crippen molar-refractivity contribution in [3.05, 3.63) is 83.8 Å². The standard InChI is InChI=1S/C18H16FN3O2/c19-15-5-3-13(4-6-15)9-22-18(23)14-8-16(11-20-10-14)21-12-17-2-1-7-24-17/h1-8,10-11,21H,9,12H2,(H,22,23). The average Bonchev–Trinajstić information content (AvgIpc) is 3.13. The molecule has 0 aliphatic heterocycles. The van der Waals surface area contributed by atoms with Gasteiger partial charge in [-0.2, -0.15) is 0 Å². The molecule has 3 aromatic rings. The van der Waals surface area contributed by atoms with Crippen molar-refractivity contribution in [2.75, 3.05) is 5.32 Å². The van der Waals surface area contributed by atoms with Crippen molar-refractivity contribution in [1.29, 1.82) is 0 Å². The van der Waals surface area contributed by atoms with E-state index >= 15 is 0 Å². The van der Waals surface area contributed by atoms with Crippen molar-refractivity contribution < 1.29 is 13.6 Å². The number of hydrogen-bond acceptors (Lipinski definition) is 4. The Labute approximate surface area is 138 Å². The van der Waals surface area contributed by atoms with Crippen molar-refractivity contribution in [2.24, 2.45) is 0 Å². The first-order valence-corrected chi connectivity index (χ1v) is 7.44. The number of rotatable bonds is 6. The number of carbonyl (C=O) groups excluding carboxylic acids is 1. The van der Waals surface area contributed by atoms with Crippen LogP contribution in [0.3, 0.4) is 0 Å². The number of benzene rings is 1. The Morgan fingerprint density at radius 2 is 1.96 bits per heavy atom. The molecule has 0 aliphatic rings. The highest BCUT2D eigenvalue weighted by Gasteiger charge is 2.07. The minimum Gasteiger partial charge on any atom is -0.467 e. The monoisotopic (exact) mass is 325 g/mol. The second-order valence-electron chi connectivity index (χ2n) is 5.20. The molecule has 122 valence electrons. The molecule has 0 saturated heterocycles. The lowest BCUT2D eigenvalue weighted by Gasteiger charge is -2.08. The van der Waals surface area contributed by atoms with Crippen LogP contribution in [-0.4, -0.2) is 10.9 Å². The smallest absolute Gasteiger partial charge is 0.253 e. The Morgan fingerprint density at radius 3 is 2.71 bits per heavy atom. The molecule has 0 bridgehead atoms. The molecule has 5 nitrogen and oxygen atoms in total. The largest absolute Gasteiger partial charge is 0.467 e. The zero-order valence-electron chi connectivity index (χ0n) is 12.8. The van der Waals surface area contributed by atoms with Gasteiger partial charge in [-0.05, 0) is 35.9 Å². The number of nitrogens with one attached hydrogen (secondary N) is 2. The predicted molar refractivity (Wildman–Crippen MR) is 87.8 cm³/mol. The molecular weight excluding hydrogens is 309 g/mol. The Morgan fingerprint density at radius 1 is 1.12 bits per heavy atom. The predicted octanol–water partition coefficient (Wildman–Crippen LogP) is 3.36. The highest BCUT2D eigenvalue weighted by molar-refractivity contribution is 5.94. The van der Waals surface area contributed by atoms with Gasteiger partial charge < -0.3 is 15.1 Å². The third-order valence-electron chi connectivity index (χ3n) is 3.41. The molecule has 6 heteroatoms. The number of nitrogens with zero attached hydrogens (tertiary/aromatic N) is 1. The number of furan rings is 1. The lowest BCUT2D eigenvalue weighted by molar-refractivity contribution is 0.0950. The van der Waals surface area contributed by atoms with Crippen LogP contribution in [0.15, 0.2) is 65.5 Å². The number of anilines is 1. The summed E-state index contributed by atoms with van der Waals surface area (Å²) in [6.45, 7) is 0.832. The Balaban J connectivity index is 1.58. The highest BCUT2D eigenvalue weighted by atomic mass is 19.1. The summed E-state index contributed by atoms with van der Waals surface area (Å²) in [5, 5.41) is 5.93. The van der Waals surface area contributed by atoms with E-state index in [0.717, 1.165) is 17.0 Å². The van der Waals surface area contributed by atoms with Gasteiger partial charge in [-0.15, -0.1) is 0 Å². The third-order valence-corrected chi connectivity index (χ3v) is 3.41. The Kier molecular flexibility index (Phi) is 4.86. The van der Waals surface area contributed by atoms with Crippen LogP contribution in [0.4, 0.5) is 10.1 Å². The molecule has 2 aromatic heterocycles. The maximum atomic E-state index is 12.9. The van der Waals surface area contributed by atoms with Crippen LogP contribution in [0.25, 0.3) is 0 Å². The van der Waals surface area contributed by atoms with Crippen molar-refractivity contribution in [3.8, 4) is 0 Å². The van der Waals surface area contributed by atoms with E-state index in [1.54, 1.807) is 30.7 Å². The molecule has 24 heavy (non-hydrogen) atoms. The van der Waals surface area contributed by atoms with E-state index in [4.69, 9.17) is 4.42 Å². The summed E-state index contributed by atoms with van der Waals surface area (Å²) in [5.74, 6) is 0.249. The molecule has 0 saturated carbocycles. The second kappa shape index (κ2) is 7.41. The summed E-state index contributed by atoms with van der Waals surface area (Å²) in [7, 11) is 0. The second-order valence-corrected chi connectivity index (χ2v) is 5.20. The number of hydrogen-bond donors (Lipinski definition) is 2. The maximum absolute atomic E-state index is 12.9. The van der Waals surface area contributed by atoms with Gasteiger partial charge in [-0.1, -0.05) is 12.1 Å². The topological polar surface area (TPSA) is 67.2 Å². The SMILES string of the molecule is O=C(NCc1ccc(F)cc1)c1cncc(NCc2ccco2)c1. The summed E-state index contributed by atoms with van der Waals surface area (Å²) >= 11 is 0. The van der Waals surface area contributed by atoms with Crippen molar-refractivity contribution >= 4 is 11.6 Å². The minimum atomic E-state index is -0.301. The van der Waals surface area contributed by atoms with Crippen LogP contribution < -0.4 is 10.6 Å². The van der Waals surface area contributed by atoms with Crippen molar-refractivity contribution in [1.82, 2.24) is 10.3 Å². The van der Waals surface area contributed by atoms with Gasteiger partial charge in [0.05, 0.1) is 24.1 Å². The Hall–Kier alpha value is -3.15. The lowest BCUT2D eigenvalue weighted by Crippen LogP contribution is -2.23. The minimum absolute atomic E-state index is 0.242. The first-order chi connectivity index (χ1) is 11.7. The van der Waals surface area contributed by atoms with E-state index in [1.165, 1.54) is 18.3 Å². The molecule has 0 unspecified atom stereocenters. The molecule has 0 spiro atoms. The summed E-state index contributed by atoms with van der Waals surface area (Å²) < 4.78 is 18.1. The fraction of sp³-hybridized carbons (Fsp3) is 0.111. The van der Waals surface area contributed by atoms with Crippen LogP contribution in [0, 0.1) is 5.82 Å². The summed E-state index contributed by atoms with van der Waals surface area (Å²) in [5.41, 5.74) is 1.99. The van der Waals surface area contributed by atoms with E-state index in [1.807, 2.05) is 12.1 Å². The van der Waals surface area contributed by atoms with E-state index in [2.05, 4.69) is 15.6 Å². The third kappa shape index (κ3) is 4.19. The van der Waals surface area contributed by atoms with Crippen LogP contribution >= 0.6 is 0 Å². The average molecular weight is 325 g/mol. The Bertz CT molecular complexity index is 801. The quantitative estimate of drug-likeness (QED) is 0.729. The van der Waals surface area contributed by atoms with E-state index in [0.29, 0.717) is 18.7 Å².